The lowest BCUT2D eigenvalue weighted by molar-refractivity contribution is 0.409. The lowest BCUT2D eigenvalue weighted by atomic mass is 9.95. The van der Waals surface area contributed by atoms with Crippen LogP contribution in [0, 0.1) is 0 Å². The summed E-state index contributed by atoms with van der Waals surface area (Å²) >= 11 is 0. The van der Waals surface area contributed by atoms with E-state index in [0.717, 1.165) is 43.9 Å². The van der Waals surface area contributed by atoms with Crippen molar-refractivity contribution in [3.63, 3.8) is 0 Å². The molecule has 0 unspecified atom stereocenters. The van der Waals surface area contributed by atoms with Crippen molar-refractivity contribution in [1.29, 1.82) is 0 Å². The molecule has 0 radical (unpaired) electrons. The molecular formula is C24H31N5O2. The molecule has 7 heteroatoms. The highest BCUT2D eigenvalue weighted by molar-refractivity contribution is 5.70. The van der Waals surface area contributed by atoms with Crippen LogP contribution in [0.15, 0.2) is 41.5 Å². The van der Waals surface area contributed by atoms with Gasteiger partial charge >= 0.3 is 0 Å². The quantitative estimate of drug-likeness (QED) is 0.203. The summed E-state index contributed by atoms with van der Waals surface area (Å²) < 4.78 is 11.0. The molecule has 0 aliphatic carbocycles. The SMILES string of the molecule is COc1ccc2c(c1)CN1c3ccc(OC)cc3CN2C1CCCCCCCN=[N+]=[N-]. The van der Waals surface area contributed by atoms with Crippen molar-refractivity contribution in [2.24, 2.45) is 5.11 Å². The number of unbranched alkanes of at least 4 members (excludes halogenated alkanes) is 4. The van der Waals surface area contributed by atoms with Crippen LogP contribution in [0.25, 0.3) is 10.4 Å². The van der Waals surface area contributed by atoms with Gasteiger partial charge in [-0.15, -0.1) is 0 Å². The molecule has 0 saturated carbocycles. The molecule has 2 aliphatic heterocycles. The number of benzene rings is 2. The topological polar surface area (TPSA) is 73.7 Å². The van der Waals surface area contributed by atoms with Gasteiger partial charge < -0.3 is 19.3 Å². The zero-order chi connectivity index (χ0) is 21.6. The molecule has 7 nitrogen and oxygen atoms in total. The number of ether oxygens (including phenoxy) is 2. The lowest BCUT2D eigenvalue weighted by Gasteiger charge is -2.51. The summed E-state index contributed by atoms with van der Waals surface area (Å²) in [7, 11) is 3.45. The minimum absolute atomic E-state index is 0.366. The molecule has 164 valence electrons. The van der Waals surface area contributed by atoms with Crippen LogP contribution in [-0.2, 0) is 13.1 Å². The Kier molecular flexibility index (Phi) is 6.73. The Hall–Kier alpha value is -3.05. The summed E-state index contributed by atoms with van der Waals surface area (Å²) in [4.78, 5) is 7.91. The van der Waals surface area contributed by atoms with Crippen molar-refractivity contribution in [2.45, 2.75) is 57.8 Å². The van der Waals surface area contributed by atoms with Gasteiger partial charge in [0.05, 0.1) is 14.2 Å². The highest BCUT2D eigenvalue weighted by Crippen LogP contribution is 2.44. The van der Waals surface area contributed by atoms with Gasteiger partial charge in [0.25, 0.3) is 0 Å². The third-order valence-electron chi connectivity index (χ3n) is 6.38. The van der Waals surface area contributed by atoms with Gasteiger partial charge in [-0.05, 0) is 72.3 Å². The van der Waals surface area contributed by atoms with Crippen LogP contribution < -0.4 is 19.3 Å². The molecule has 0 atom stereocenters. The van der Waals surface area contributed by atoms with E-state index in [4.69, 9.17) is 15.0 Å². The van der Waals surface area contributed by atoms with E-state index in [1.54, 1.807) is 14.2 Å². The van der Waals surface area contributed by atoms with Crippen LogP contribution in [0.3, 0.4) is 0 Å². The van der Waals surface area contributed by atoms with Crippen molar-refractivity contribution < 1.29 is 9.47 Å². The molecule has 2 aliphatic rings. The maximum atomic E-state index is 8.36. The number of azide groups is 1. The fourth-order valence-electron chi connectivity index (χ4n) is 4.83. The summed E-state index contributed by atoms with van der Waals surface area (Å²) in [6.45, 7) is 2.39. The number of fused-ring (bicyclic) bond motifs is 6. The smallest absolute Gasteiger partial charge is 0.119 e. The van der Waals surface area contributed by atoms with Gasteiger partial charge in [0, 0.05) is 35.9 Å². The third-order valence-corrected chi connectivity index (χ3v) is 6.38. The molecule has 0 aromatic heterocycles. The number of methoxy groups -OCH3 is 2. The molecular weight excluding hydrogens is 390 g/mol. The number of hydrogen-bond donors (Lipinski definition) is 0. The summed E-state index contributed by atoms with van der Waals surface area (Å²) in [5.41, 5.74) is 13.6. The van der Waals surface area contributed by atoms with Crippen LogP contribution >= 0.6 is 0 Å². The monoisotopic (exact) mass is 421 g/mol. The molecule has 31 heavy (non-hydrogen) atoms. The molecule has 0 amide bonds. The predicted molar refractivity (Wildman–Crippen MR) is 124 cm³/mol. The second kappa shape index (κ2) is 9.84. The Bertz CT molecular complexity index is 895. The van der Waals surface area contributed by atoms with E-state index < -0.39 is 0 Å². The zero-order valence-corrected chi connectivity index (χ0v) is 18.5. The normalized spacial score (nSPS) is 14.5. The first-order valence-corrected chi connectivity index (χ1v) is 11.1. The van der Waals surface area contributed by atoms with Crippen molar-refractivity contribution >= 4 is 11.4 Å². The molecule has 2 aromatic rings. The summed E-state index contributed by atoms with van der Waals surface area (Å²) in [6.07, 6.45) is 7.20. The molecule has 2 heterocycles. The Morgan fingerprint density at radius 1 is 0.871 bits per heavy atom. The lowest BCUT2D eigenvalue weighted by Crippen LogP contribution is -2.55. The average Bonchev–Trinajstić information content (AvgIpc) is 2.80. The highest BCUT2D eigenvalue weighted by Gasteiger charge is 2.37. The van der Waals surface area contributed by atoms with E-state index in [-0.39, 0.29) is 0 Å². The van der Waals surface area contributed by atoms with Gasteiger partial charge in [0.15, 0.2) is 0 Å². The van der Waals surface area contributed by atoms with E-state index in [0.29, 0.717) is 12.7 Å². The minimum atomic E-state index is 0.366. The van der Waals surface area contributed by atoms with Crippen molar-refractivity contribution in [2.75, 3.05) is 30.6 Å². The van der Waals surface area contributed by atoms with Gasteiger partial charge in [0.1, 0.15) is 17.7 Å². The minimum Gasteiger partial charge on any atom is -0.497 e. The average molecular weight is 422 g/mol. The molecule has 0 spiro atoms. The second-order valence-electron chi connectivity index (χ2n) is 8.24. The van der Waals surface area contributed by atoms with Crippen LogP contribution in [0.4, 0.5) is 11.4 Å². The standard InChI is InChI=1S/C24H31N5O2/c1-30-20-9-11-22-18(14-20)16-28-23-12-10-21(31-2)15-19(23)17-29(22)24(28)8-6-4-3-5-7-13-26-27-25/h9-12,14-15,24H,3-8,13,16-17H2,1-2H3. The Balaban J connectivity index is 1.50. The van der Waals surface area contributed by atoms with Crippen molar-refractivity contribution in [3.8, 4) is 11.5 Å². The van der Waals surface area contributed by atoms with E-state index in [1.165, 1.54) is 41.8 Å². The first-order chi connectivity index (χ1) is 15.2. The molecule has 0 N–H and O–H groups in total. The highest BCUT2D eigenvalue weighted by atomic mass is 16.5. The van der Waals surface area contributed by atoms with Crippen LogP contribution in [-0.4, -0.2) is 26.9 Å². The molecule has 4 rings (SSSR count). The van der Waals surface area contributed by atoms with E-state index in [9.17, 15) is 0 Å². The number of nitrogens with zero attached hydrogens (tertiary/aromatic N) is 5. The number of hydrogen-bond acceptors (Lipinski definition) is 5. The fourth-order valence-corrected chi connectivity index (χ4v) is 4.83. The third kappa shape index (κ3) is 4.52. The summed E-state index contributed by atoms with van der Waals surface area (Å²) in [5, 5.41) is 3.62. The van der Waals surface area contributed by atoms with Gasteiger partial charge in [-0.1, -0.05) is 24.4 Å². The Morgan fingerprint density at radius 3 is 1.97 bits per heavy atom. The van der Waals surface area contributed by atoms with Crippen molar-refractivity contribution in [1.82, 2.24) is 0 Å². The van der Waals surface area contributed by atoms with Gasteiger partial charge in [-0.3, -0.25) is 0 Å². The zero-order valence-electron chi connectivity index (χ0n) is 18.5. The fraction of sp³-hybridized carbons (Fsp3) is 0.500. The maximum Gasteiger partial charge on any atom is 0.119 e. The predicted octanol–water partition coefficient (Wildman–Crippen LogP) is 6.02. The van der Waals surface area contributed by atoms with Gasteiger partial charge in [-0.25, -0.2) is 0 Å². The van der Waals surface area contributed by atoms with Crippen LogP contribution in [0.2, 0.25) is 0 Å². The van der Waals surface area contributed by atoms with Gasteiger partial charge in [0.2, 0.25) is 0 Å². The van der Waals surface area contributed by atoms with E-state index >= 15 is 0 Å². The van der Waals surface area contributed by atoms with E-state index in [1.807, 2.05) is 0 Å². The van der Waals surface area contributed by atoms with E-state index in [2.05, 4.69) is 56.2 Å². The number of anilines is 2. The van der Waals surface area contributed by atoms with Crippen LogP contribution in [0.1, 0.15) is 49.7 Å². The molecule has 0 saturated heterocycles. The van der Waals surface area contributed by atoms with Crippen molar-refractivity contribution in [3.05, 3.63) is 58.0 Å². The maximum absolute atomic E-state index is 8.36. The van der Waals surface area contributed by atoms with Gasteiger partial charge in [-0.2, -0.15) is 0 Å². The summed E-state index contributed by atoms with van der Waals surface area (Å²) in [6, 6.07) is 12.9. The first-order valence-electron chi connectivity index (χ1n) is 11.1. The summed E-state index contributed by atoms with van der Waals surface area (Å²) in [5.74, 6) is 1.82. The first kappa shape index (κ1) is 21.2. The Morgan fingerprint density at radius 2 is 1.42 bits per heavy atom. The molecule has 2 bridgehead atoms. The molecule has 2 aromatic carbocycles. The number of rotatable bonds is 10. The molecule has 0 fully saturated rings. The Labute approximate surface area is 184 Å². The second-order valence-corrected chi connectivity index (χ2v) is 8.24. The largest absolute Gasteiger partial charge is 0.497 e. The van der Waals surface area contributed by atoms with Crippen LogP contribution in [0.5, 0.6) is 11.5 Å².